The molecule has 0 bridgehead atoms. The highest BCUT2D eigenvalue weighted by Gasteiger charge is 2.22. The van der Waals surface area contributed by atoms with Gasteiger partial charge in [0.15, 0.2) is 0 Å². The lowest BCUT2D eigenvalue weighted by atomic mass is 10.2. The number of fused-ring (bicyclic) bond motifs is 1. The van der Waals surface area contributed by atoms with E-state index in [0.717, 1.165) is 40.7 Å². The van der Waals surface area contributed by atoms with Crippen molar-refractivity contribution in [2.24, 2.45) is 0 Å². The van der Waals surface area contributed by atoms with Crippen LogP contribution in [0.4, 0.5) is 10.5 Å². The Morgan fingerprint density at radius 3 is 2.57 bits per heavy atom. The molecule has 0 aliphatic carbocycles. The summed E-state index contributed by atoms with van der Waals surface area (Å²) >= 11 is 6.29. The first kappa shape index (κ1) is 18.6. The Morgan fingerprint density at radius 1 is 1.07 bits per heavy atom. The predicted molar refractivity (Wildman–Crippen MR) is 113 cm³/mol. The van der Waals surface area contributed by atoms with Gasteiger partial charge in [-0.15, -0.1) is 0 Å². The van der Waals surface area contributed by atoms with Crippen molar-refractivity contribution in [3.05, 3.63) is 59.4 Å². The molecule has 3 aromatic rings. The zero-order valence-electron chi connectivity index (χ0n) is 15.9. The lowest BCUT2D eigenvalue weighted by Crippen LogP contribution is -2.52. The molecule has 0 radical (unpaired) electrons. The molecule has 2 heterocycles. The zero-order valence-corrected chi connectivity index (χ0v) is 16.7. The van der Waals surface area contributed by atoms with Crippen molar-refractivity contribution in [1.82, 2.24) is 19.8 Å². The number of piperazine rings is 1. The average Bonchev–Trinajstić information content (AvgIpc) is 3.04. The van der Waals surface area contributed by atoms with Crippen molar-refractivity contribution in [2.75, 3.05) is 37.6 Å². The molecule has 1 aliphatic heterocycles. The van der Waals surface area contributed by atoms with Crippen molar-refractivity contribution in [3.8, 4) is 0 Å². The number of nitrogens with one attached hydrogen (secondary N) is 1. The summed E-state index contributed by atoms with van der Waals surface area (Å²) in [6, 6.07) is 15.9. The highest BCUT2D eigenvalue weighted by molar-refractivity contribution is 6.33. The minimum absolute atomic E-state index is 0.0131. The van der Waals surface area contributed by atoms with Gasteiger partial charge in [0.05, 0.1) is 21.7 Å². The number of rotatable bonds is 4. The normalized spacial score (nSPS) is 14.5. The molecule has 6 nitrogen and oxygen atoms in total. The van der Waals surface area contributed by atoms with Crippen LogP contribution in [-0.2, 0) is 6.54 Å². The molecule has 1 aromatic heterocycles. The van der Waals surface area contributed by atoms with Gasteiger partial charge in [0.25, 0.3) is 0 Å². The quantitative estimate of drug-likeness (QED) is 0.732. The maximum Gasteiger partial charge on any atom is 0.317 e. The Kier molecular flexibility index (Phi) is 5.39. The lowest BCUT2D eigenvalue weighted by molar-refractivity contribution is 0.194. The molecule has 1 aliphatic rings. The van der Waals surface area contributed by atoms with Crippen molar-refractivity contribution < 1.29 is 4.79 Å². The van der Waals surface area contributed by atoms with E-state index in [0.29, 0.717) is 26.2 Å². The van der Waals surface area contributed by atoms with Crippen LogP contribution in [0.15, 0.2) is 48.5 Å². The molecule has 1 fully saturated rings. The number of halogens is 1. The van der Waals surface area contributed by atoms with Crippen molar-refractivity contribution in [3.63, 3.8) is 0 Å². The standard InChI is InChI=1S/C21H24ClN5O/c1-16-24-18-7-3-5-9-20(18)27(16)11-10-23-21(28)26-14-12-25(13-15-26)19-8-4-2-6-17(19)22/h2-9H,10-15H2,1H3,(H,23,28). The molecule has 1 N–H and O–H groups in total. The summed E-state index contributed by atoms with van der Waals surface area (Å²) in [5.74, 6) is 0.962. The number of carbonyl (C=O) groups is 1. The monoisotopic (exact) mass is 397 g/mol. The third-order valence-corrected chi connectivity index (χ3v) is 5.54. The van der Waals surface area contributed by atoms with Crippen LogP contribution in [0.5, 0.6) is 0 Å². The number of hydrogen-bond acceptors (Lipinski definition) is 3. The van der Waals surface area contributed by atoms with Gasteiger partial charge in [0.2, 0.25) is 0 Å². The zero-order chi connectivity index (χ0) is 19.5. The molecular weight excluding hydrogens is 374 g/mol. The SMILES string of the molecule is Cc1nc2ccccc2n1CCNC(=O)N1CCN(c2ccccc2Cl)CC1. The van der Waals surface area contributed by atoms with E-state index >= 15 is 0 Å². The number of amides is 2. The Bertz CT molecular complexity index is 978. The van der Waals surface area contributed by atoms with Gasteiger partial charge in [-0.3, -0.25) is 0 Å². The highest BCUT2D eigenvalue weighted by atomic mass is 35.5. The first-order valence-electron chi connectivity index (χ1n) is 9.57. The molecular formula is C21H24ClN5O. The van der Waals surface area contributed by atoms with Gasteiger partial charge in [0, 0.05) is 39.3 Å². The number of carbonyl (C=O) groups excluding carboxylic acids is 1. The second kappa shape index (κ2) is 8.10. The van der Waals surface area contributed by atoms with E-state index in [-0.39, 0.29) is 6.03 Å². The van der Waals surface area contributed by atoms with E-state index in [1.54, 1.807) is 0 Å². The Balaban J connectivity index is 1.29. The number of aryl methyl sites for hydroxylation is 1. The van der Waals surface area contributed by atoms with Gasteiger partial charge in [-0.25, -0.2) is 9.78 Å². The summed E-state index contributed by atoms with van der Waals surface area (Å²) in [5, 5.41) is 3.80. The number of anilines is 1. The highest BCUT2D eigenvalue weighted by Crippen LogP contribution is 2.26. The van der Waals surface area contributed by atoms with Gasteiger partial charge in [-0.2, -0.15) is 0 Å². The van der Waals surface area contributed by atoms with Crippen LogP contribution in [0, 0.1) is 6.92 Å². The number of urea groups is 1. The second-order valence-electron chi connectivity index (χ2n) is 6.96. The maximum atomic E-state index is 12.5. The van der Waals surface area contributed by atoms with Crippen LogP contribution in [0.3, 0.4) is 0 Å². The number of para-hydroxylation sites is 3. The van der Waals surface area contributed by atoms with E-state index in [1.807, 2.05) is 54.3 Å². The van der Waals surface area contributed by atoms with Gasteiger partial charge in [0.1, 0.15) is 5.82 Å². The van der Waals surface area contributed by atoms with E-state index in [2.05, 4.69) is 25.8 Å². The summed E-state index contributed by atoms with van der Waals surface area (Å²) < 4.78 is 2.14. The molecule has 2 amide bonds. The molecule has 0 spiro atoms. The van der Waals surface area contributed by atoms with Crippen LogP contribution in [-0.4, -0.2) is 53.2 Å². The van der Waals surface area contributed by atoms with E-state index in [4.69, 9.17) is 11.6 Å². The van der Waals surface area contributed by atoms with E-state index < -0.39 is 0 Å². The number of aromatic nitrogens is 2. The smallest absolute Gasteiger partial charge is 0.317 e. The van der Waals surface area contributed by atoms with E-state index in [9.17, 15) is 4.79 Å². The second-order valence-corrected chi connectivity index (χ2v) is 7.36. The summed E-state index contributed by atoms with van der Waals surface area (Å²) in [5.41, 5.74) is 3.12. The molecule has 4 rings (SSSR count). The van der Waals surface area contributed by atoms with Gasteiger partial charge in [-0.1, -0.05) is 35.9 Å². The van der Waals surface area contributed by atoms with Crippen LogP contribution in [0.25, 0.3) is 11.0 Å². The number of hydrogen-bond donors (Lipinski definition) is 1. The minimum atomic E-state index is -0.0131. The van der Waals surface area contributed by atoms with Crippen LogP contribution in [0.1, 0.15) is 5.82 Å². The fraction of sp³-hybridized carbons (Fsp3) is 0.333. The first-order chi connectivity index (χ1) is 13.6. The number of nitrogens with zero attached hydrogens (tertiary/aromatic N) is 4. The summed E-state index contributed by atoms with van der Waals surface area (Å²) in [4.78, 5) is 21.2. The lowest BCUT2D eigenvalue weighted by Gasteiger charge is -2.36. The third-order valence-electron chi connectivity index (χ3n) is 5.22. The van der Waals surface area contributed by atoms with Gasteiger partial charge in [-0.05, 0) is 31.2 Å². The van der Waals surface area contributed by atoms with Crippen molar-refractivity contribution in [1.29, 1.82) is 0 Å². The number of benzene rings is 2. The molecule has 146 valence electrons. The van der Waals surface area contributed by atoms with Crippen LogP contribution < -0.4 is 10.2 Å². The summed E-state index contributed by atoms with van der Waals surface area (Å²) in [7, 11) is 0. The van der Waals surface area contributed by atoms with Crippen molar-refractivity contribution >= 4 is 34.4 Å². The molecule has 0 atom stereocenters. The Morgan fingerprint density at radius 2 is 1.79 bits per heavy atom. The molecule has 0 saturated carbocycles. The van der Waals surface area contributed by atoms with Crippen molar-refractivity contribution in [2.45, 2.75) is 13.5 Å². The minimum Gasteiger partial charge on any atom is -0.367 e. The fourth-order valence-corrected chi connectivity index (χ4v) is 3.98. The third kappa shape index (κ3) is 3.78. The summed E-state index contributed by atoms with van der Waals surface area (Å²) in [6.07, 6.45) is 0. The maximum absolute atomic E-state index is 12.5. The van der Waals surface area contributed by atoms with Gasteiger partial charge >= 0.3 is 6.03 Å². The fourth-order valence-electron chi connectivity index (χ4n) is 3.72. The molecule has 28 heavy (non-hydrogen) atoms. The predicted octanol–water partition coefficient (Wildman–Crippen LogP) is 3.53. The van der Waals surface area contributed by atoms with Crippen LogP contribution in [0.2, 0.25) is 5.02 Å². The summed E-state index contributed by atoms with van der Waals surface area (Å²) in [6.45, 7) is 6.21. The number of imidazole rings is 1. The molecule has 1 saturated heterocycles. The molecule has 7 heteroatoms. The molecule has 2 aromatic carbocycles. The first-order valence-corrected chi connectivity index (χ1v) is 9.95. The largest absolute Gasteiger partial charge is 0.367 e. The Labute approximate surface area is 169 Å². The van der Waals surface area contributed by atoms with E-state index in [1.165, 1.54) is 0 Å². The van der Waals surface area contributed by atoms with Crippen LogP contribution >= 0.6 is 11.6 Å². The molecule has 0 unspecified atom stereocenters. The Hall–Kier alpha value is -2.73. The topological polar surface area (TPSA) is 53.4 Å². The average molecular weight is 398 g/mol. The van der Waals surface area contributed by atoms with Gasteiger partial charge < -0.3 is 19.7 Å².